The molecule has 4 rings (SSSR count). The van der Waals surface area contributed by atoms with Gasteiger partial charge in [0.15, 0.2) is 0 Å². The van der Waals surface area contributed by atoms with E-state index in [4.69, 9.17) is 0 Å². The van der Waals surface area contributed by atoms with Gasteiger partial charge in [-0.1, -0.05) is 31.0 Å². The van der Waals surface area contributed by atoms with E-state index in [1.54, 1.807) is 47.3 Å². The molecule has 1 aliphatic rings. The Morgan fingerprint density at radius 1 is 1.16 bits per heavy atom. The number of hydrogen-bond acceptors (Lipinski definition) is 4. The van der Waals surface area contributed by atoms with Crippen molar-refractivity contribution in [1.29, 1.82) is 0 Å². The Hall–Kier alpha value is -3.26. The summed E-state index contributed by atoms with van der Waals surface area (Å²) in [6.45, 7) is -0.305. The third kappa shape index (κ3) is 4.29. The molecule has 0 unspecified atom stereocenters. The van der Waals surface area contributed by atoms with Crippen molar-refractivity contribution < 1.29 is 24.2 Å². The second-order valence-corrected chi connectivity index (χ2v) is 7.88. The number of benzene rings is 1. The molecule has 2 aromatic heterocycles. The van der Waals surface area contributed by atoms with Gasteiger partial charge in [0.25, 0.3) is 5.91 Å². The van der Waals surface area contributed by atoms with E-state index < -0.39 is 30.6 Å². The normalized spacial score (nSPS) is 18.8. The number of nitrogens with zero attached hydrogens (tertiary/aromatic N) is 3. The van der Waals surface area contributed by atoms with Crippen LogP contribution in [0.3, 0.4) is 0 Å². The molecule has 1 amide bonds. The molecule has 2 N–H and O–H groups in total. The summed E-state index contributed by atoms with van der Waals surface area (Å²) in [4.78, 5) is 30.6. The molecule has 1 saturated carbocycles. The molecule has 2 heterocycles. The van der Waals surface area contributed by atoms with E-state index in [1.807, 2.05) is 0 Å². The number of amides is 1. The number of carboxylic acids is 1. The highest BCUT2D eigenvalue weighted by molar-refractivity contribution is 6.06. The Kier molecular flexibility index (Phi) is 5.99. The van der Waals surface area contributed by atoms with Crippen molar-refractivity contribution in [1.82, 2.24) is 14.5 Å². The molecule has 0 radical (unpaired) electrons. The molecular weight excluding hydrogens is 401 g/mol. The highest BCUT2D eigenvalue weighted by atomic mass is 19.1. The van der Waals surface area contributed by atoms with Crippen molar-refractivity contribution in [2.24, 2.45) is 0 Å². The average Bonchev–Trinajstić information content (AvgIpc) is 3.12. The first-order valence-electron chi connectivity index (χ1n) is 10.3. The number of hydrogen-bond donors (Lipinski definition) is 2. The fourth-order valence-electron chi connectivity index (χ4n) is 4.32. The van der Waals surface area contributed by atoms with Gasteiger partial charge in [0.05, 0.1) is 29.8 Å². The standard InChI is InChI=1S/C23H24FN3O4/c24-17-7-2-1-6-15(17)12-26-13-16(22-19(26)9-5-11-25-22)23(31)27(14-21(29)30)18-8-3-4-10-20(18)28/h1-2,5-7,9,11,13,18,20,28H,3-4,8,10,12,14H2,(H,29,30)/t18-,20-/m0/s1. The third-order valence-electron chi connectivity index (χ3n) is 5.83. The number of pyridine rings is 1. The zero-order chi connectivity index (χ0) is 22.0. The van der Waals surface area contributed by atoms with Gasteiger partial charge in [-0.25, -0.2) is 4.39 Å². The summed E-state index contributed by atoms with van der Waals surface area (Å²) in [7, 11) is 0. The van der Waals surface area contributed by atoms with Gasteiger partial charge in [0, 0.05) is 18.0 Å². The summed E-state index contributed by atoms with van der Waals surface area (Å²) < 4.78 is 15.9. The number of carboxylic acid groups (broad SMARTS) is 1. The van der Waals surface area contributed by atoms with Gasteiger partial charge in [0.2, 0.25) is 0 Å². The molecule has 3 aromatic rings. The quantitative estimate of drug-likeness (QED) is 0.633. The fourth-order valence-corrected chi connectivity index (χ4v) is 4.32. The van der Waals surface area contributed by atoms with Crippen molar-refractivity contribution in [3.63, 3.8) is 0 Å². The van der Waals surface area contributed by atoms with E-state index in [0.717, 1.165) is 12.8 Å². The van der Waals surface area contributed by atoms with Gasteiger partial charge < -0.3 is 19.7 Å². The number of aliphatic hydroxyl groups excluding tert-OH is 1. The minimum atomic E-state index is -1.14. The van der Waals surface area contributed by atoms with Crippen LogP contribution in [-0.4, -0.2) is 55.2 Å². The van der Waals surface area contributed by atoms with E-state index in [9.17, 15) is 24.2 Å². The smallest absolute Gasteiger partial charge is 0.323 e. The molecular formula is C23H24FN3O4. The number of carbonyl (C=O) groups is 2. The van der Waals surface area contributed by atoms with E-state index >= 15 is 0 Å². The zero-order valence-electron chi connectivity index (χ0n) is 16.9. The fraction of sp³-hybridized carbons (Fsp3) is 0.348. The number of aromatic nitrogens is 2. The van der Waals surface area contributed by atoms with Crippen molar-refractivity contribution in [3.8, 4) is 0 Å². The SMILES string of the molecule is O=C(O)CN(C(=O)c1cn(Cc2ccccc2F)c2cccnc12)[C@H]1CCCC[C@@H]1O. The zero-order valence-corrected chi connectivity index (χ0v) is 16.9. The number of carbonyl (C=O) groups excluding carboxylic acids is 1. The van der Waals surface area contributed by atoms with Crippen molar-refractivity contribution in [3.05, 3.63) is 65.7 Å². The first-order valence-corrected chi connectivity index (χ1v) is 10.3. The highest BCUT2D eigenvalue weighted by Crippen LogP contribution is 2.28. The van der Waals surface area contributed by atoms with Crippen LogP contribution in [0.25, 0.3) is 11.0 Å². The van der Waals surface area contributed by atoms with E-state index in [1.165, 1.54) is 11.0 Å². The van der Waals surface area contributed by atoms with Gasteiger partial charge in [-0.05, 0) is 31.0 Å². The molecule has 1 fully saturated rings. The lowest BCUT2D eigenvalue weighted by Gasteiger charge is -2.36. The second-order valence-electron chi connectivity index (χ2n) is 7.88. The molecule has 1 aromatic carbocycles. The van der Waals surface area contributed by atoms with Crippen LogP contribution in [0.2, 0.25) is 0 Å². The summed E-state index contributed by atoms with van der Waals surface area (Å²) in [5.41, 5.74) is 1.77. The van der Waals surface area contributed by atoms with Crippen LogP contribution in [0, 0.1) is 5.82 Å². The van der Waals surface area contributed by atoms with E-state index in [2.05, 4.69) is 4.98 Å². The predicted molar refractivity (Wildman–Crippen MR) is 112 cm³/mol. The topological polar surface area (TPSA) is 95.7 Å². The Morgan fingerprint density at radius 2 is 1.94 bits per heavy atom. The van der Waals surface area contributed by atoms with Crippen LogP contribution < -0.4 is 0 Å². The molecule has 1 aliphatic carbocycles. The maximum atomic E-state index is 14.2. The lowest BCUT2D eigenvalue weighted by molar-refractivity contribution is -0.139. The Labute approximate surface area is 178 Å². The number of aliphatic hydroxyl groups is 1. The summed E-state index contributed by atoms with van der Waals surface area (Å²) in [6, 6.07) is 9.37. The van der Waals surface area contributed by atoms with Gasteiger partial charge in [0.1, 0.15) is 17.9 Å². The third-order valence-corrected chi connectivity index (χ3v) is 5.83. The van der Waals surface area contributed by atoms with Crippen LogP contribution in [0.15, 0.2) is 48.8 Å². The highest BCUT2D eigenvalue weighted by Gasteiger charge is 2.35. The molecule has 2 atom stereocenters. The molecule has 162 valence electrons. The molecule has 7 nitrogen and oxygen atoms in total. The van der Waals surface area contributed by atoms with Gasteiger partial charge in [-0.2, -0.15) is 0 Å². The number of fused-ring (bicyclic) bond motifs is 1. The van der Waals surface area contributed by atoms with Crippen LogP contribution >= 0.6 is 0 Å². The molecule has 0 aliphatic heterocycles. The second kappa shape index (κ2) is 8.85. The molecule has 8 heteroatoms. The molecule has 0 saturated heterocycles. The predicted octanol–water partition coefficient (Wildman–Crippen LogP) is 3.05. The summed E-state index contributed by atoms with van der Waals surface area (Å²) in [5, 5.41) is 19.8. The number of halogens is 1. The van der Waals surface area contributed by atoms with Crippen LogP contribution in [0.5, 0.6) is 0 Å². The minimum Gasteiger partial charge on any atom is -0.480 e. The number of rotatable bonds is 6. The largest absolute Gasteiger partial charge is 0.480 e. The first-order chi connectivity index (χ1) is 15.0. The Bertz CT molecular complexity index is 1110. The monoisotopic (exact) mass is 425 g/mol. The van der Waals surface area contributed by atoms with Crippen LogP contribution in [0.1, 0.15) is 41.6 Å². The van der Waals surface area contributed by atoms with Gasteiger partial charge in [-0.15, -0.1) is 0 Å². The summed E-state index contributed by atoms with van der Waals surface area (Å²) >= 11 is 0. The maximum absolute atomic E-state index is 14.2. The molecule has 31 heavy (non-hydrogen) atoms. The average molecular weight is 425 g/mol. The van der Waals surface area contributed by atoms with Crippen molar-refractivity contribution in [2.45, 2.75) is 44.4 Å². The summed E-state index contributed by atoms with van der Waals surface area (Å²) in [5.74, 6) is -1.99. The van der Waals surface area contributed by atoms with Crippen LogP contribution in [-0.2, 0) is 11.3 Å². The minimum absolute atomic E-state index is 0.202. The Balaban J connectivity index is 1.74. The number of aliphatic carboxylic acids is 1. The first kappa shape index (κ1) is 21.0. The van der Waals surface area contributed by atoms with Gasteiger partial charge >= 0.3 is 5.97 Å². The van der Waals surface area contributed by atoms with Crippen LogP contribution in [0.4, 0.5) is 4.39 Å². The summed E-state index contributed by atoms with van der Waals surface area (Å²) in [6.07, 6.45) is 5.12. The van der Waals surface area contributed by atoms with E-state index in [-0.39, 0.29) is 17.9 Å². The van der Waals surface area contributed by atoms with Crippen molar-refractivity contribution in [2.75, 3.05) is 6.54 Å². The van der Waals surface area contributed by atoms with Gasteiger partial charge in [-0.3, -0.25) is 14.6 Å². The lowest BCUT2D eigenvalue weighted by atomic mass is 9.91. The lowest BCUT2D eigenvalue weighted by Crippen LogP contribution is -2.50. The molecule has 0 bridgehead atoms. The van der Waals surface area contributed by atoms with Crippen molar-refractivity contribution >= 4 is 22.9 Å². The van der Waals surface area contributed by atoms with E-state index in [0.29, 0.717) is 29.4 Å². The maximum Gasteiger partial charge on any atom is 0.323 e. The molecule has 0 spiro atoms. The Morgan fingerprint density at radius 3 is 2.68 bits per heavy atom.